The Morgan fingerprint density at radius 1 is 0.700 bits per heavy atom. The van der Waals surface area contributed by atoms with Gasteiger partial charge in [-0.25, -0.2) is 0 Å². The SMILES string of the molecule is N[C@H]1[C@H](OC2[C@@H](CO)O[C@@H](OC3[C@@H](CO)O[C@@H](O)[C@H](N)[C@H]3O)[C@H](NCCS(=O)(=O)O)[C@H]2O)O[C@H](CO)[C@@H](O)[C@@H]1O. The lowest BCUT2D eigenvalue weighted by atomic mass is 9.94. The summed E-state index contributed by atoms with van der Waals surface area (Å²) in [5, 5.41) is 83.7. The summed E-state index contributed by atoms with van der Waals surface area (Å²) in [6.45, 7) is -2.72. The van der Waals surface area contributed by atoms with Gasteiger partial charge in [-0.15, -0.1) is 0 Å². The van der Waals surface area contributed by atoms with Gasteiger partial charge in [-0.3, -0.25) is 4.55 Å². The number of rotatable bonds is 11. The maximum absolute atomic E-state index is 11.3. The van der Waals surface area contributed by atoms with E-state index in [2.05, 4.69) is 5.32 Å². The van der Waals surface area contributed by atoms with Crippen molar-refractivity contribution < 1.29 is 77.5 Å². The quantitative estimate of drug-likeness (QED) is 0.0967. The van der Waals surface area contributed by atoms with Gasteiger partial charge in [0.25, 0.3) is 10.1 Å². The molecule has 0 amide bonds. The molecule has 3 heterocycles. The van der Waals surface area contributed by atoms with Crippen LogP contribution in [-0.4, -0.2) is 178 Å². The van der Waals surface area contributed by atoms with Crippen molar-refractivity contribution in [2.45, 2.75) is 91.9 Å². The Kier molecular flexibility index (Phi) is 12.0. The first-order valence-corrected chi connectivity index (χ1v) is 14.0. The van der Waals surface area contributed by atoms with Crippen LogP contribution in [0.3, 0.4) is 0 Å². The minimum atomic E-state index is -4.45. The van der Waals surface area contributed by atoms with Crippen molar-refractivity contribution in [3.8, 4) is 0 Å². The number of nitrogens with one attached hydrogen (secondary N) is 1. The minimum Gasteiger partial charge on any atom is -0.394 e. The molecule has 0 radical (unpaired) electrons. The normalized spacial score (nSPS) is 46.8. The second kappa shape index (κ2) is 14.2. The third-order valence-corrected chi connectivity index (χ3v) is 7.74. The monoisotopic (exact) mass is 609 g/mol. The zero-order valence-electron chi connectivity index (χ0n) is 21.1. The van der Waals surface area contributed by atoms with E-state index in [4.69, 9.17) is 39.7 Å². The molecule has 3 aliphatic rings. The van der Waals surface area contributed by atoms with E-state index >= 15 is 0 Å². The van der Waals surface area contributed by atoms with Crippen LogP contribution in [0.1, 0.15) is 0 Å². The van der Waals surface area contributed by atoms with Crippen LogP contribution < -0.4 is 16.8 Å². The number of nitrogens with two attached hydrogens (primary N) is 2. The third kappa shape index (κ3) is 7.61. The highest BCUT2D eigenvalue weighted by Crippen LogP contribution is 2.31. The van der Waals surface area contributed by atoms with E-state index in [1.165, 1.54) is 0 Å². The number of ether oxygens (including phenoxy) is 5. The first-order valence-electron chi connectivity index (χ1n) is 12.4. The molecule has 3 aliphatic heterocycles. The van der Waals surface area contributed by atoms with Crippen LogP contribution in [0.4, 0.5) is 0 Å². The molecule has 0 aromatic carbocycles. The van der Waals surface area contributed by atoms with E-state index in [1.54, 1.807) is 0 Å². The highest BCUT2D eigenvalue weighted by Gasteiger charge is 2.53. The van der Waals surface area contributed by atoms with Gasteiger partial charge in [0.2, 0.25) is 0 Å². The van der Waals surface area contributed by atoms with E-state index in [0.717, 1.165) is 0 Å². The molecule has 0 aliphatic carbocycles. The Morgan fingerprint density at radius 2 is 1.23 bits per heavy atom. The van der Waals surface area contributed by atoms with Gasteiger partial charge in [0.05, 0.1) is 43.7 Å². The van der Waals surface area contributed by atoms with E-state index in [-0.39, 0.29) is 0 Å². The van der Waals surface area contributed by atoms with Gasteiger partial charge in [0, 0.05) is 6.54 Å². The molecule has 20 heteroatoms. The van der Waals surface area contributed by atoms with Gasteiger partial charge in [-0.05, 0) is 0 Å². The Labute approximate surface area is 228 Å². The van der Waals surface area contributed by atoms with E-state index < -0.39 is 134 Å². The predicted octanol–water partition coefficient (Wildman–Crippen LogP) is -8.16. The molecule has 0 spiro atoms. The largest absolute Gasteiger partial charge is 0.394 e. The summed E-state index contributed by atoms with van der Waals surface area (Å²) in [7, 11) is -4.45. The highest BCUT2D eigenvalue weighted by molar-refractivity contribution is 7.85. The average molecular weight is 610 g/mol. The molecule has 236 valence electrons. The average Bonchev–Trinajstić information content (AvgIpc) is 2.90. The molecule has 15 atom stereocenters. The molecular weight excluding hydrogens is 570 g/mol. The summed E-state index contributed by atoms with van der Waals surface area (Å²) in [6, 6.07) is -4.16. The molecule has 0 aromatic heterocycles. The summed E-state index contributed by atoms with van der Waals surface area (Å²) < 4.78 is 59.4. The number of hydrogen-bond donors (Lipinski definition) is 12. The summed E-state index contributed by atoms with van der Waals surface area (Å²) >= 11 is 0. The van der Waals surface area contributed by atoms with Gasteiger partial charge in [0.15, 0.2) is 18.9 Å². The van der Waals surface area contributed by atoms with Gasteiger partial charge in [-0.1, -0.05) is 0 Å². The van der Waals surface area contributed by atoms with Crippen molar-refractivity contribution in [3.63, 3.8) is 0 Å². The minimum absolute atomic E-state index is 0.456. The van der Waals surface area contributed by atoms with Gasteiger partial charge in [0.1, 0.15) is 54.9 Å². The van der Waals surface area contributed by atoms with Crippen molar-refractivity contribution in [3.05, 3.63) is 0 Å². The van der Waals surface area contributed by atoms with Crippen LogP contribution in [0.2, 0.25) is 0 Å². The first kappa shape index (κ1) is 33.8. The zero-order chi connectivity index (χ0) is 29.9. The van der Waals surface area contributed by atoms with Gasteiger partial charge >= 0.3 is 0 Å². The Balaban J connectivity index is 1.85. The molecule has 2 unspecified atom stereocenters. The molecule has 19 nitrogen and oxygen atoms in total. The summed E-state index contributed by atoms with van der Waals surface area (Å²) in [4.78, 5) is 0. The Bertz CT molecular complexity index is 901. The van der Waals surface area contributed by atoms with Crippen molar-refractivity contribution in [1.82, 2.24) is 5.32 Å². The van der Waals surface area contributed by atoms with E-state index in [9.17, 15) is 49.3 Å². The summed E-state index contributed by atoms with van der Waals surface area (Å²) in [6.07, 6.45) is -18.3. The maximum atomic E-state index is 11.3. The Hall–Kier alpha value is -0.730. The summed E-state index contributed by atoms with van der Waals surface area (Å²) in [5.74, 6) is -0.803. The lowest BCUT2D eigenvalue weighted by Crippen LogP contribution is -2.70. The lowest BCUT2D eigenvalue weighted by molar-refractivity contribution is -0.350. The second-order valence-electron chi connectivity index (χ2n) is 9.78. The molecule has 0 aromatic rings. The number of hydrogen-bond acceptors (Lipinski definition) is 18. The van der Waals surface area contributed by atoms with Crippen molar-refractivity contribution in [2.75, 3.05) is 32.1 Å². The molecule has 3 rings (SSSR count). The van der Waals surface area contributed by atoms with Crippen LogP contribution in [-0.2, 0) is 33.8 Å². The van der Waals surface area contributed by atoms with Gasteiger partial charge in [-0.2, -0.15) is 8.42 Å². The zero-order valence-corrected chi connectivity index (χ0v) is 22.0. The molecule has 3 fully saturated rings. The number of aliphatic hydroxyl groups is 8. The number of aliphatic hydroxyl groups excluding tert-OH is 8. The van der Waals surface area contributed by atoms with Crippen LogP contribution in [0.25, 0.3) is 0 Å². The van der Waals surface area contributed by atoms with E-state index in [1.807, 2.05) is 0 Å². The molecule has 0 bridgehead atoms. The van der Waals surface area contributed by atoms with E-state index in [0.29, 0.717) is 0 Å². The highest BCUT2D eigenvalue weighted by atomic mass is 32.2. The van der Waals surface area contributed by atoms with Crippen molar-refractivity contribution in [2.24, 2.45) is 11.5 Å². The fraction of sp³-hybridized carbons (Fsp3) is 1.00. The fourth-order valence-corrected chi connectivity index (χ4v) is 5.10. The second-order valence-corrected chi connectivity index (χ2v) is 11.4. The fourth-order valence-electron chi connectivity index (χ4n) is 4.73. The molecule has 3 saturated heterocycles. The molecule has 0 saturated carbocycles. The molecule has 14 N–H and O–H groups in total. The topological polar surface area (TPSA) is 326 Å². The molecule has 40 heavy (non-hydrogen) atoms. The Morgan fingerprint density at radius 3 is 1.80 bits per heavy atom. The smallest absolute Gasteiger partial charge is 0.266 e. The van der Waals surface area contributed by atoms with Crippen molar-refractivity contribution >= 4 is 10.1 Å². The van der Waals surface area contributed by atoms with Crippen LogP contribution in [0, 0.1) is 0 Å². The predicted molar refractivity (Wildman–Crippen MR) is 127 cm³/mol. The maximum Gasteiger partial charge on any atom is 0.266 e. The standard InChI is InChI=1S/C20H39N3O16S/c21-9-14(29)16(7(4-25)35-18(9)31)39-20-11(23-1-2-40(32,33)34)15(30)17(8(5-26)37-20)38-19-10(22)13(28)12(27)6(3-24)36-19/h6-20,23-31H,1-5,21-22H2,(H,32,33,34)/t6-,7-,8-,9-,10-,11-,12-,13-,14-,15-,16?,17?,18-,19+,20+/m1/s1. The molecular formula is C20H39N3O16S. The van der Waals surface area contributed by atoms with Gasteiger partial charge < -0.3 is 81.3 Å². The summed E-state index contributed by atoms with van der Waals surface area (Å²) in [5.41, 5.74) is 11.6. The first-order chi connectivity index (χ1) is 18.7. The third-order valence-electron chi connectivity index (χ3n) is 7.02. The van der Waals surface area contributed by atoms with Crippen molar-refractivity contribution in [1.29, 1.82) is 0 Å². The van der Waals surface area contributed by atoms with Crippen LogP contribution >= 0.6 is 0 Å². The van der Waals surface area contributed by atoms with Crippen LogP contribution in [0.15, 0.2) is 0 Å². The van der Waals surface area contributed by atoms with Crippen LogP contribution in [0.5, 0.6) is 0 Å². The lowest BCUT2D eigenvalue weighted by Gasteiger charge is -2.49.